The largest absolute Gasteiger partial charge is 0.460 e. The van der Waals surface area contributed by atoms with Gasteiger partial charge in [0.25, 0.3) is 0 Å². The lowest BCUT2D eigenvalue weighted by atomic mass is 9.98. The third-order valence-electron chi connectivity index (χ3n) is 3.48. The van der Waals surface area contributed by atoms with Crippen LogP contribution >= 0.6 is 11.6 Å². The topological polar surface area (TPSA) is 78.9 Å². The van der Waals surface area contributed by atoms with Crippen LogP contribution in [0.1, 0.15) is 11.7 Å². The van der Waals surface area contributed by atoms with E-state index in [2.05, 4.69) is 15.1 Å². The summed E-state index contributed by atoms with van der Waals surface area (Å²) in [5, 5.41) is 3.89. The molecule has 26 heavy (non-hydrogen) atoms. The van der Waals surface area contributed by atoms with Crippen LogP contribution in [0.3, 0.4) is 0 Å². The second kappa shape index (κ2) is 6.83. The number of aryl methyl sites for hydroxylation is 1. The van der Waals surface area contributed by atoms with Gasteiger partial charge in [0.05, 0.1) is 6.20 Å². The Morgan fingerprint density at radius 3 is 2.58 bits per heavy atom. The van der Waals surface area contributed by atoms with Gasteiger partial charge in [-0.3, -0.25) is 4.68 Å². The third-order valence-corrected chi connectivity index (χ3v) is 3.68. The number of anilines is 1. The van der Waals surface area contributed by atoms with Gasteiger partial charge in [-0.25, -0.2) is 4.98 Å². The fraction of sp³-hybridized carbons (Fsp3) is 0.188. The third kappa shape index (κ3) is 3.88. The average Bonchev–Trinajstić information content (AvgIpc) is 2.97. The van der Waals surface area contributed by atoms with E-state index >= 15 is 0 Å². The van der Waals surface area contributed by atoms with Crippen LogP contribution < -0.4 is 10.5 Å². The molecule has 3 aromatic rings. The molecule has 0 aliphatic rings. The Kier molecular flexibility index (Phi) is 4.73. The molecule has 2 N–H and O–H groups in total. The molecule has 1 aromatic carbocycles. The zero-order valence-electron chi connectivity index (χ0n) is 13.4. The van der Waals surface area contributed by atoms with Gasteiger partial charge in [0.2, 0.25) is 17.9 Å². The predicted molar refractivity (Wildman–Crippen MR) is 89.5 cm³/mol. The molecule has 1 unspecified atom stereocenters. The van der Waals surface area contributed by atoms with E-state index in [0.717, 1.165) is 6.07 Å². The number of aromatic nitrogens is 4. The Labute approximate surface area is 151 Å². The van der Waals surface area contributed by atoms with Crippen LogP contribution in [0.5, 0.6) is 5.88 Å². The van der Waals surface area contributed by atoms with Crippen molar-refractivity contribution in [1.29, 1.82) is 0 Å². The van der Waals surface area contributed by atoms with Crippen LogP contribution in [-0.2, 0) is 7.05 Å². The number of hydrogen-bond donors (Lipinski definition) is 1. The number of halogens is 4. The van der Waals surface area contributed by atoms with Gasteiger partial charge in [-0.1, -0.05) is 35.9 Å². The van der Waals surface area contributed by atoms with Gasteiger partial charge in [0.15, 0.2) is 0 Å². The molecule has 6 nitrogen and oxygen atoms in total. The van der Waals surface area contributed by atoms with Crippen molar-refractivity contribution in [1.82, 2.24) is 19.7 Å². The molecule has 1 atom stereocenters. The van der Waals surface area contributed by atoms with E-state index in [4.69, 9.17) is 22.1 Å². The summed E-state index contributed by atoms with van der Waals surface area (Å²) in [5.74, 6) is -0.653. The quantitative estimate of drug-likeness (QED) is 0.693. The van der Waals surface area contributed by atoms with Gasteiger partial charge in [-0.05, 0) is 5.56 Å². The number of alkyl halides is 3. The van der Waals surface area contributed by atoms with Gasteiger partial charge < -0.3 is 10.5 Å². The van der Waals surface area contributed by atoms with Crippen molar-refractivity contribution < 1.29 is 17.9 Å². The van der Waals surface area contributed by atoms with Crippen LogP contribution in [-0.4, -0.2) is 25.9 Å². The van der Waals surface area contributed by atoms with Gasteiger partial charge in [0, 0.05) is 30.4 Å². The van der Waals surface area contributed by atoms with E-state index in [0.29, 0.717) is 11.1 Å². The summed E-state index contributed by atoms with van der Waals surface area (Å²) in [6, 6.07) is 7.11. The fourth-order valence-electron chi connectivity index (χ4n) is 2.45. The standard InChI is InChI=1S/C16H13ClF3N5O/c1-25-8-9(7-22-25)10-4-2-3-5-11(10)14(16(18,19)20)26-13-6-12(17)23-15(21)24-13/h2-8,14H,1H3,(H2,21,23,24). The number of ether oxygens (including phenoxy) is 1. The summed E-state index contributed by atoms with van der Waals surface area (Å²) in [6.45, 7) is 0. The number of hydrogen-bond acceptors (Lipinski definition) is 5. The van der Waals surface area contributed by atoms with Crippen molar-refractivity contribution in [3.05, 3.63) is 53.4 Å². The van der Waals surface area contributed by atoms with E-state index in [1.54, 1.807) is 25.4 Å². The van der Waals surface area contributed by atoms with E-state index in [1.165, 1.54) is 23.0 Å². The number of rotatable bonds is 4. The Hall–Kier alpha value is -2.81. The zero-order valence-corrected chi connectivity index (χ0v) is 14.2. The van der Waals surface area contributed by atoms with Crippen molar-refractivity contribution in [3.8, 4) is 17.0 Å². The van der Waals surface area contributed by atoms with Gasteiger partial charge in [-0.2, -0.15) is 23.3 Å². The van der Waals surface area contributed by atoms with Crippen molar-refractivity contribution in [3.63, 3.8) is 0 Å². The lowest BCUT2D eigenvalue weighted by molar-refractivity contribution is -0.198. The molecule has 0 radical (unpaired) electrons. The summed E-state index contributed by atoms with van der Waals surface area (Å²) >= 11 is 5.72. The highest BCUT2D eigenvalue weighted by molar-refractivity contribution is 6.29. The van der Waals surface area contributed by atoms with Crippen LogP contribution in [0.4, 0.5) is 19.1 Å². The molecular weight excluding hydrogens is 371 g/mol. The number of benzene rings is 1. The number of nitrogens with two attached hydrogens (primary N) is 1. The summed E-state index contributed by atoms with van der Waals surface area (Å²) in [4.78, 5) is 7.27. The average molecular weight is 384 g/mol. The Morgan fingerprint density at radius 1 is 1.23 bits per heavy atom. The molecule has 3 rings (SSSR count). The SMILES string of the molecule is Cn1cc(-c2ccccc2C(Oc2cc(Cl)nc(N)n2)C(F)(F)F)cn1. The molecule has 10 heteroatoms. The van der Waals surface area contributed by atoms with Gasteiger partial charge >= 0.3 is 6.18 Å². The van der Waals surface area contributed by atoms with Crippen LogP contribution in [0.15, 0.2) is 42.7 Å². The minimum atomic E-state index is -4.70. The minimum absolute atomic E-state index is 0.0821. The first-order valence-electron chi connectivity index (χ1n) is 7.35. The summed E-state index contributed by atoms with van der Waals surface area (Å²) in [6.07, 6.45) is -3.88. The lowest BCUT2D eigenvalue weighted by Gasteiger charge is -2.23. The first kappa shape index (κ1) is 18.0. The Balaban J connectivity index is 2.07. The molecule has 136 valence electrons. The van der Waals surface area contributed by atoms with Crippen LogP contribution in [0.25, 0.3) is 11.1 Å². The molecule has 0 saturated carbocycles. The summed E-state index contributed by atoms with van der Waals surface area (Å²) in [7, 11) is 1.68. The maximum Gasteiger partial charge on any atom is 0.429 e. The molecule has 0 aliphatic heterocycles. The summed E-state index contributed by atoms with van der Waals surface area (Å²) < 4.78 is 47.8. The zero-order chi connectivity index (χ0) is 18.9. The second-order valence-electron chi connectivity index (χ2n) is 5.42. The molecule has 0 saturated heterocycles. The maximum absolute atomic E-state index is 13.7. The van der Waals surface area contributed by atoms with Gasteiger partial charge in [0.1, 0.15) is 5.15 Å². The molecule has 0 aliphatic carbocycles. The van der Waals surface area contributed by atoms with Gasteiger partial charge in [-0.15, -0.1) is 0 Å². The van der Waals surface area contributed by atoms with Crippen molar-refractivity contribution in [2.75, 3.05) is 5.73 Å². The maximum atomic E-state index is 13.7. The molecule has 2 heterocycles. The second-order valence-corrected chi connectivity index (χ2v) is 5.80. The highest BCUT2D eigenvalue weighted by Gasteiger charge is 2.44. The molecule has 2 aromatic heterocycles. The van der Waals surface area contributed by atoms with Crippen molar-refractivity contribution in [2.45, 2.75) is 12.3 Å². The first-order valence-corrected chi connectivity index (χ1v) is 7.73. The Morgan fingerprint density at radius 2 is 1.96 bits per heavy atom. The lowest BCUT2D eigenvalue weighted by Crippen LogP contribution is -2.27. The predicted octanol–water partition coefficient (Wildman–Crippen LogP) is 3.80. The normalized spacial score (nSPS) is 12.8. The number of nitrogen functional groups attached to an aromatic ring is 1. The molecular formula is C16H13ClF3N5O. The minimum Gasteiger partial charge on any atom is -0.460 e. The number of nitrogens with zero attached hydrogens (tertiary/aromatic N) is 4. The highest BCUT2D eigenvalue weighted by atomic mass is 35.5. The van der Waals surface area contributed by atoms with Crippen LogP contribution in [0.2, 0.25) is 5.15 Å². The van der Waals surface area contributed by atoms with E-state index in [1.807, 2.05) is 0 Å². The Bertz CT molecular complexity index is 908. The van der Waals surface area contributed by atoms with Crippen LogP contribution in [0, 0.1) is 0 Å². The highest BCUT2D eigenvalue weighted by Crippen LogP contribution is 2.40. The summed E-state index contributed by atoms with van der Waals surface area (Å²) in [5.41, 5.74) is 6.22. The monoisotopic (exact) mass is 383 g/mol. The smallest absolute Gasteiger partial charge is 0.429 e. The molecule has 0 bridgehead atoms. The molecule has 0 fully saturated rings. The van der Waals surface area contributed by atoms with E-state index < -0.39 is 12.3 Å². The van der Waals surface area contributed by atoms with E-state index in [-0.39, 0.29) is 22.5 Å². The fourth-order valence-corrected chi connectivity index (χ4v) is 2.63. The first-order chi connectivity index (χ1) is 12.2. The molecule has 0 spiro atoms. The van der Waals surface area contributed by atoms with E-state index in [9.17, 15) is 13.2 Å². The van der Waals surface area contributed by atoms with Crippen molar-refractivity contribution in [2.24, 2.45) is 7.05 Å². The molecule has 0 amide bonds. The van der Waals surface area contributed by atoms with Crippen molar-refractivity contribution >= 4 is 17.5 Å².